The monoisotopic (exact) mass is 396 g/mol. The number of hydrogen-bond donors (Lipinski definition) is 0. The molecule has 0 unspecified atom stereocenters. The highest BCUT2D eigenvalue weighted by Gasteiger charge is 2.29. The first-order chi connectivity index (χ1) is 14.0. The summed E-state index contributed by atoms with van der Waals surface area (Å²) in [5.41, 5.74) is 2.32. The van der Waals surface area contributed by atoms with Crippen molar-refractivity contribution in [2.24, 2.45) is 0 Å². The number of nitrogens with zero attached hydrogens (tertiary/aromatic N) is 2. The molecule has 0 aliphatic heterocycles. The van der Waals surface area contributed by atoms with Crippen LogP contribution < -0.4 is 9.47 Å². The smallest absolute Gasteiger partial charge is 0.339 e. The van der Waals surface area contributed by atoms with Crippen molar-refractivity contribution in [3.05, 3.63) is 46.8 Å². The molecule has 1 aliphatic carbocycles. The van der Waals surface area contributed by atoms with Crippen molar-refractivity contribution in [1.82, 2.24) is 10.1 Å². The Balaban J connectivity index is 1.54. The zero-order valence-corrected chi connectivity index (χ0v) is 16.4. The standard InChI is InChI=1S/C21H20N2O6/c1-11-19-14(9-15(12-4-5-12)22-20(19)29-23-11)21(25)28-10-16(24)13-6-7-17(26-2)18(8-13)27-3/h6-9,12H,4-5,10H2,1-3H3. The SMILES string of the molecule is COc1ccc(C(=O)COC(=O)c2cc(C3CC3)nc3onc(C)c23)cc1OC. The Bertz CT molecular complexity index is 1100. The molecule has 0 N–H and O–H groups in total. The fourth-order valence-electron chi connectivity index (χ4n) is 3.16. The van der Waals surface area contributed by atoms with Crippen LogP contribution in [0.25, 0.3) is 11.1 Å². The molecule has 2 heterocycles. The van der Waals surface area contributed by atoms with E-state index in [1.165, 1.54) is 14.2 Å². The highest BCUT2D eigenvalue weighted by molar-refractivity contribution is 6.05. The predicted octanol–water partition coefficient (Wildman–Crippen LogP) is 3.47. The number of ether oxygens (including phenoxy) is 3. The molecule has 0 atom stereocenters. The predicted molar refractivity (Wildman–Crippen MR) is 103 cm³/mol. The number of ketones is 1. The van der Waals surface area contributed by atoms with E-state index in [4.69, 9.17) is 18.7 Å². The van der Waals surface area contributed by atoms with E-state index in [0.717, 1.165) is 18.5 Å². The van der Waals surface area contributed by atoms with Crippen molar-refractivity contribution in [3.8, 4) is 11.5 Å². The van der Waals surface area contributed by atoms with E-state index < -0.39 is 12.6 Å². The summed E-state index contributed by atoms with van der Waals surface area (Å²) in [5.74, 6) is 0.295. The molecule has 1 fully saturated rings. The van der Waals surface area contributed by atoms with E-state index >= 15 is 0 Å². The van der Waals surface area contributed by atoms with Crippen LogP contribution in [0.4, 0.5) is 0 Å². The first-order valence-electron chi connectivity index (χ1n) is 9.21. The van der Waals surface area contributed by atoms with Crippen molar-refractivity contribution >= 4 is 22.9 Å². The molecule has 150 valence electrons. The number of rotatable bonds is 7. The number of carbonyl (C=O) groups is 2. The van der Waals surface area contributed by atoms with Crippen molar-refractivity contribution in [3.63, 3.8) is 0 Å². The minimum Gasteiger partial charge on any atom is -0.493 e. The molecule has 0 spiro atoms. The third-order valence-corrected chi connectivity index (χ3v) is 4.89. The van der Waals surface area contributed by atoms with Gasteiger partial charge in [0.15, 0.2) is 23.9 Å². The molecule has 3 aromatic rings. The fourth-order valence-corrected chi connectivity index (χ4v) is 3.16. The molecular weight excluding hydrogens is 376 g/mol. The average molecular weight is 396 g/mol. The molecule has 8 heteroatoms. The van der Waals surface area contributed by atoms with Crippen molar-refractivity contribution in [1.29, 1.82) is 0 Å². The topological polar surface area (TPSA) is 101 Å². The maximum Gasteiger partial charge on any atom is 0.339 e. The van der Waals surface area contributed by atoms with Gasteiger partial charge < -0.3 is 18.7 Å². The van der Waals surface area contributed by atoms with Crippen LogP contribution in [0.1, 0.15) is 50.9 Å². The second-order valence-corrected chi connectivity index (χ2v) is 6.89. The largest absolute Gasteiger partial charge is 0.493 e. The Morgan fingerprint density at radius 3 is 2.59 bits per heavy atom. The Kier molecular flexibility index (Phi) is 4.92. The zero-order valence-electron chi connectivity index (χ0n) is 16.4. The second-order valence-electron chi connectivity index (χ2n) is 6.89. The van der Waals surface area contributed by atoms with Crippen LogP contribution in [-0.4, -0.2) is 42.7 Å². The molecule has 2 aromatic heterocycles. The van der Waals surface area contributed by atoms with Crippen LogP contribution in [0.5, 0.6) is 11.5 Å². The summed E-state index contributed by atoms with van der Waals surface area (Å²) in [6.07, 6.45) is 2.05. The number of pyridine rings is 1. The molecule has 0 radical (unpaired) electrons. The molecule has 1 aromatic carbocycles. The molecular formula is C21H20N2O6. The first-order valence-corrected chi connectivity index (χ1v) is 9.21. The summed E-state index contributed by atoms with van der Waals surface area (Å²) >= 11 is 0. The molecule has 0 amide bonds. The van der Waals surface area contributed by atoms with Gasteiger partial charge in [-0.1, -0.05) is 5.16 Å². The van der Waals surface area contributed by atoms with Crippen molar-refractivity contribution in [2.75, 3.05) is 20.8 Å². The van der Waals surface area contributed by atoms with Gasteiger partial charge in [0.2, 0.25) is 0 Å². The minimum atomic E-state index is -0.612. The lowest BCUT2D eigenvalue weighted by Gasteiger charge is -2.10. The maximum atomic E-state index is 12.7. The van der Waals surface area contributed by atoms with Gasteiger partial charge in [-0.2, -0.15) is 0 Å². The fraction of sp³-hybridized carbons (Fsp3) is 0.333. The highest BCUT2D eigenvalue weighted by Crippen LogP contribution is 2.40. The molecule has 29 heavy (non-hydrogen) atoms. The lowest BCUT2D eigenvalue weighted by atomic mass is 10.1. The van der Waals surface area contributed by atoms with E-state index in [1.807, 2.05) is 0 Å². The summed E-state index contributed by atoms with van der Waals surface area (Å²) in [4.78, 5) is 29.7. The third kappa shape index (κ3) is 3.65. The average Bonchev–Trinajstić information content (AvgIpc) is 3.53. The molecule has 0 bridgehead atoms. The molecule has 8 nitrogen and oxygen atoms in total. The number of aryl methyl sites for hydroxylation is 1. The van der Waals surface area contributed by atoms with Gasteiger partial charge in [-0.15, -0.1) is 0 Å². The summed E-state index contributed by atoms with van der Waals surface area (Å²) in [6, 6.07) is 6.49. The van der Waals surface area contributed by atoms with Gasteiger partial charge in [0, 0.05) is 17.2 Å². The first kappa shape index (κ1) is 18.9. The molecule has 4 rings (SSSR count). The summed E-state index contributed by atoms with van der Waals surface area (Å²) in [5, 5.41) is 4.41. The molecule has 0 saturated heterocycles. The van der Waals surface area contributed by atoms with Crippen molar-refractivity contribution < 1.29 is 28.3 Å². The van der Waals surface area contributed by atoms with Gasteiger partial charge >= 0.3 is 5.97 Å². The third-order valence-electron chi connectivity index (χ3n) is 4.89. The summed E-state index contributed by atoms with van der Waals surface area (Å²) in [7, 11) is 3.00. The normalized spacial score (nSPS) is 13.3. The number of Topliss-reactive ketones (excluding diaryl/α,β-unsaturated/α-hetero) is 1. The van der Waals surface area contributed by atoms with Crippen LogP contribution >= 0.6 is 0 Å². The quantitative estimate of drug-likeness (QED) is 0.442. The lowest BCUT2D eigenvalue weighted by Crippen LogP contribution is -2.15. The highest BCUT2D eigenvalue weighted by atomic mass is 16.5. The number of fused-ring (bicyclic) bond motifs is 1. The number of esters is 1. The molecule has 1 aliphatic rings. The van der Waals surface area contributed by atoms with E-state index in [1.54, 1.807) is 31.2 Å². The van der Waals surface area contributed by atoms with E-state index in [9.17, 15) is 9.59 Å². The summed E-state index contributed by atoms with van der Waals surface area (Å²) < 4.78 is 20.9. The lowest BCUT2D eigenvalue weighted by molar-refractivity contribution is 0.0476. The maximum absolute atomic E-state index is 12.7. The van der Waals surface area contributed by atoms with Gasteiger partial charge in [-0.25, -0.2) is 9.78 Å². The van der Waals surface area contributed by atoms with Gasteiger partial charge in [0.1, 0.15) is 0 Å². The van der Waals surface area contributed by atoms with Crippen LogP contribution in [0, 0.1) is 6.92 Å². The van der Waals surface area contributed by atoms with Gasteiger partial charge in [-0.3, -0.25) is 4.79 Å². The number of hydrogen-bond acceptors (Lipinski definition) is 8. The van der Waals surface area contributed by atoms with Crippen LogP contribution in [-0.2, 0) is 4.74 Å². The Labute approximate surface area is 166 Å². The summed E-state index contributed by atoms with van der Waals surface area (Å²) in [6.45, 7) is 1.33. The molecule has 1 saturated carbocycles. The second kappa shape index (κ2) is 7.54. The number of aromatic nitrogens is 2. The number of carbonyl (C=O) groups excluding carboxylic acids is 2. The number of benzene rings is 1. The number of methoxy groups -OCH3 is 2. The van der Waals surface area contributed by atoms with E-state index in [2.05, 4.69) is 10.1 Å². The van der Waals surface area contributed by atoms with E-state index in [0.29, 0.717) is 45.3 Å². The Morgan fingerprint density at radius 1 is 1.14 bits per heavy atom. The zero-order chi connectivity index (χ0) is 20.5. The minimum absolute atomic E-state index is 0.310. The van der Waals surface area contributed by atoms with Gasteiger partial charge in [0.25, 0.3) is 5.71 Å². The van der Waals surface area contributed by atoms with Crippen LogP contribution in [0.3, 0.4) is 0 Å². The van der Waals surface area contributed by atoms with Crippen LogP contribution in [0.15, 0.2) is 28.8 Å². The van der Waals surface area contributed by atoms with Gasteiger partial charge in [-0.05, 0) is 44.0 Å². The Hall–Kier alpha value is -3.42. The van der Waals surface area contributed by atoms with Crippen LogP contribution in [0.2, 0.25) is 0 Å². The van der Waals surface area contributed by atoms with E-state index in [-0.39, 0.29) is 5.78 Å². The van der Waals surface area contributed by atoms with Gasteiger partial charge in [0.05, 0.1) is 30.9 Å². The van der Waals surface area contributed by atoms with Crippen molar-refractivity contribution in [2.45, 2.75) is 25.7 Å². The Morgan fingerprint density at radius 2 is 1.90 bits per heavy atom.